The average Bonchev–Trinajstić information content (AvgIpc) is 2.39. The second-order valence-electron chi connectivity index (χ2n) is 4.85. The molecule has 2 N–H and O–H groups in total. The molecule has 0 amide bonds. The lowest BCUT2D eigenvalue weighted by Crippen LogP contribution is -2.28. The predicted octanol–water partition coefficient (Wildman–Crippen LogP) is 2.37. The third-order valence-electron chi connectivity index (χ3n) is 3.39. The number of halogens is 1. The Morgan fingerprint density at radius 3 is 2.68 bits per heavy atom. The maximum Gasteiger partial charge on any atom is 0.220 e. The Morgan fingerprint density at radius 1 is 1.21 bits per heavy atom. The van der Waals surface area contributed by atoms with Gasteiger partial charge in [-0.15, -0.1) is 0 Å². The number of hydrogen-bond acceptors (Lipinski definition) is 4. The molecule has 1 aliphatic heterocycles. The Hall–Kier alpha value is -1.65. The van der Waals surface area contributed by atoms with E-state index in [0.717, 1.165) is 41.5 Å². The summed E-state index contributed by atoms with van der Waals surface area (Å²) in [5.74, 6) is 0.341. The van der Waals surface area contributed by atoms with E-state index in [4.69, 9.17) is 17.3 Å². The number of anilines is 1. The molecule has 3 rings (SSSR count). The zero-order chi connectivity index (χ0) is 13.4. The Bertz CT molecular complexity index is 610. The van der Waals surface area contributed by atoms with Crippen molar-refractivity contribution in [1.29, 1.82) is 0 Å². The van der Waals surface area contributed by atoms with Crippen molar-refractivity contribution in [2.24, 2.45) is 0 Å². The van der Waals surface area contributed by atoms with E-state index < -0.39 is 0 Å². The number of aromatic nitrogens is 2. The van der Waals surface area contributed by atoms with Gasteiger partial charge in [-0.05, 0) is 19.2 Å². The van der Waals surface area contributed by atoms with E-state index in [1.54, 1.807) is 0 Å². The molecule has 2 heterocycles. The molecule has 0 unspecified atom stereocenters. The zero-order valence-electron chi connectivity index (χ0n) is 10.7. The van der Waals surface area contributed by atoms with Gasteiger partial charge < -0.3 is 10.6 Å². The van der Waals surface area contributed by atoms with Crippen LogP contribution in [0.5, 0.6) is 0 Å². The van der Waals surface area contributed by atoms with Crippen LogP contribution in [-0.4, -0.2) is 28.5 Å². The fraction of sp³-hybridized carbons (Fsp3) is 0.286. The number of fused-ring (bicyclic) bond motifs is 1. The lowest BCUT2D eigenvalue weighted by Gasteiger charge is -2.26. The van der Waals surface area contributed by atoms with Crippen molar-refractivity contribution in [1.82, 2.24) is 14.9 Å². The minimum absolute atomic E-state index is 0.341. The Balaban J connectivity index is 2.15. The first kappa shape index (κ1) is 12.4. The number of hydrogen-bond donors (Lipinski definition) is 1. The molecule has 0 bridgehead atoms. The molecule has 0 saturated carbocycles. The lowest BCUT2D eigenvalue weighted by molar-refractivity contribution is 0.310. The number of nitrogen functional groups attached to an aromatic ring is 1. The quantitative estimate of drug-likeness (QED) is 0.867. The molecule has 1 aromatic carbocycles. The van der Waals surface area contributed by atoms with Crippen LogP contribution in [0, 0.1) is 0 Å². The standard InChI is InChI=1S/C14H15ClN4/c1-19-7-6-12-11(8-19)13(18-14(16)17-12)9-2-4-10(15)5-3-9/h2-5H,6-8H2,1H3,(H2,16,17,18). The van der Waals surface area contributed by atoms with Gasteiger partial charge in [0.15, 0.2) is 0 Å². The van der Waals surface area contributed by atoms with Crippen LogP contribution in [0.25, 0.3) is 11.3 Å². The van der Waals surface area contributed by atoms with Crippen LogP contribution in [0.4, 0.5) is 5.95 Å². The molecule has 19 heavy (non-hydrogen) atoms. The molecular formula is C14H15ClN4. The summed E-state index contributed by atoms with van der Waals surface area (Å²) in [5.41, 5.74) is 10.0. The van der Waals surface area contributed by atoms with Gasteiger partial charge in [0, 0.05) is 35.7 Å². The molecule has 98 valence electrons. The molecular weight excluding hydrogens is 260 g/mol. The van der Waals surface area contributed by atoms with Gasteiger partial charge in [0.1, 0.15) is 0 Å². The molecule has 0 spiro atoms. The van der Waals surface area contributed by atoms with Crippen LogP contribution in [-0.2, 0) is 13.0 Å². The summed E-state index contributed by atoms with van der Waals surface area (Å²) in [6, 6.07) is 7.68. The first-order chi connectivity index (χ1) is 9.13. The van der Waals surface area contributed by atoms with E-state index >= 15 is 0 Å². The maximum atomic E-state index is 5.93. The van der Waals surface area contributed by atoms with Gasteiger partial charge in [0.05, 0.1) is 11.4 Å². The summed E-state index contributed by atoms with van der Waals surface area (Å²) in [6.07, 6.45) is 0.916. The molecule has 0 aliphatic carbocycles. The minimum atomic E-state index is 0.341. The van der Waals surface area contributed by atoms with Crippen molar-refractivity contribution >= 4 is 17.5 Å². The molecule has 0 saturated heterocycles. The molecule has 0 atom stereocenters. The van der Waals surface area contributed by atoms with Crippen molar-refractivity contribution in [2.45, 2.75) is 13.0 Å². The van der Waals surface area contributed by atoms with Gasteiger partial charge in [0.25, 0.3) is 0 Å². The van der Waals surface area contributed by atoms with E-state index in [1.807, 2.05) is 24.3 Å². The van der Waals surface area contributed by atoms with E-state index in [9.17, 15) is 0 Å². The smallest absolute Gasteiger partial charge is 0.220 e. The van der Waals surface area contributed by atoms with E-state index in [2.05, 4.69) is 21.9 Å². The topological polar surface area (TPSA) is 55.0 Å². The van der Waals surface area contributed by atoms with Crippen LogP contribution in [0.1, 0.15) is 11.3 Å². The van der Waals surface area contributed by atoms with Crippen LogP contribution in [0.15, 0.2) is 24.3 Å². The second kappa shape index (κ2) is 4.79. The van der Waals surface area contributed by atoms with Gasteiger partial charge >= 0.3 is 0 Å². The zero-order valence-corrected chi connectivity index (χ0v) is 11.5. The molecule has 4 nitrogen and oxygen atoms in total. The highest BCUT2D eigenvalue weighted by Crippen LogP contribution is 2.29. The van der Waals surface area contributed by atoms with Gasteiger partial charge in [-0.3, -0.25) is 0 Å². The summed E-state index contributed by atoms with van der Waals surface area (Å²) < 4.78 is 0. The van der Waals surface area contributed by atoms with Crippen molar-refractivity contribution in [3.63, 3.8) is 0 Å². The second-order valence-corrected chi connectivity index (χ2v) is 5.29. The first-order valence-electron chi connectivity index (χ1n) is 6.23. The Morgan fingerprint density at radius 2 is 1.95 bits per heavy atom. The number of benzene rings is 1. The monoisotopic (exact) mass is 274 g/mol. The van der Waals surface area contributed by atoms with Gasteiger partial charge in [-0.1, -0.05) is 23.7 Å². The van der Waals surface area contributed by atoms with E-state index in [0.29, 0.717) is 5.95 Å². The van der Waals surface area contributed by atoms with Crippen molar-refractivity contribution in [2.75, 3.05) is 19.3 Å². The van der Waals surface area contributed by atoms with Crippen molar-refractivity contribution in [3.05, 3.63) is 40.5 Å². The van der Waals surface area contributed by atoms with Crippen LogP contribution in [0.3, 0.4) is 0 Å². The Kier molecular flexibility index (Phi) is 3.12. The van der Waals surface area contributed by atoms with Gasteiger partial charge in [-0.25, -0.2) is 9.97 Å². The summed E-state index contributed by atoms with van der Waals surface area (Å²) in [7, 11) is 2.10. The fourth-order valence-corrected chi connectivity index (χ4v) is 2.54. The van der Waals surface area contributed by atoms with Crippen LogP contribution in [0.2, 0.25) is 5.02 Å². The highest BCUT2D eigenvalue weighted by molar-refractivity contribution is 6.30. The average molecular weight is 275 g/mol. The number of nitrogens with zero attached hydrogens (tertiary/aromatic N) is 3. The number of rotatable bonds is 1. The highest BCUT2D eigenvalue weighted by Gasteiger charge is 2.20. The van der Waals surface area contributed by atoms with Gasteiger partial charge in [-0.2, -0.15) is 0 Å². The largest absolute Gasteiger partial charge is 0.368 e. The summed E-state index contributed by atoms with van der Waals surface area (Å²) in [4.78, 5) is 11.0. The maximum absolute atomic E-state index is 5.93. The predicted molar refractivity (Wildman–Crippen MR) is 76.9 cm³/mol. The molecule has 1 aliphatic rings. The third-order valence-corrected chi connectivity index (χ3v) is 3.64. The molecule has 0 radical (unpaired) electrons. The lowest BCUT2D eigenvalue weighted by atomic mass is 10.00. The van der Waals surface area contributed by atoms with Crippen LogP contribution < -0.4 is 5.73 Å². The molecule has 2 aromatic rings. The first-order valence-corrected chi connectivity index (χ1v) is 6.61. The normalized spacial score (nSPS) is 15.3. The van der Waals surface area contributed by atoms with Crippen molar-refractivity contribution < 1.29 is 0 Å². The van der Waals surface area contributed by atoms with Gasteiger partial charge in [0.2, 0.25) is 5.95 Å². The highest BCUT2D eigenvalue weighted by atomic mass is 35.5. The van der Waals surface area contributed by atoms with E-state index in [1.165, 1.54) is 5.56 Å². The van der Waals surface area contributed by atoms with Crippen LogP contribution >= 0.6 is 11.6 Å². The summed E-state index contributed by atoms with van der Waals surface area (Å²) >= 11 is 5.93. The van der Waals surface area contributed by atoms with E-state index in [-0.39, 0.29) is 0 Å². The summed E-state index contributed by atoms with van der Waals surface area (Å²) in [6.45, 7) is 1.86. The van der Waals surface area contributed by atoms with Crippen molar-refractivity contribution in [3.8, 4) is 11.3 Å². The third kappa shape index (κ3) is 2.41. The molecule has 0 fully saturated rings. The summed E-state index contributed by atoms with van der Waals surface area (Å²) in [5, 5.41) is 0.719. The minimum Gasteiger partial charge on any atom is -0.368 e. The number of nitrogens with two attached hydrogens (primary N) is 1. The molecule has 5 heteroatoms. The SMILES string of the molecule is CN1CCc2nc(N)nc(-c3ccc(Cl)cc3)c2C1. The Labute approximate surface area is 117 Å². The number of likely N-dealkylation sites (N-methyl/N-ethyl adjacent to an activating group) is 1. The fourth-order valence-electron chi connectivity index (χ4n) is 2.41. The molecule has 1 aromatic heterocycles.